The van der Waals surface area contributed by atoms with Crippen LogP contribution in [-0.4, -0.2) is 72.2 Å². The summed E-state index contributed by atoms with van der Waals surface area (Å²) >= 11 is 2.00. The Hall–Kier alpha value is -0.950. The molecule has 3 fully saturated rings. The molecular formula is C17H24N2O3S. The zero-order chi connectivity index (χ0) is 16.0. The van der Waals surface area contributed by atoms with E-state index in [1.807, 2.05) is 23.9 Å². The number of benzene rings is 1. The number of aromatic hydroxyl groups is 1. The first-order valence-electron chi connectivity index (χ1n) is 8.20. The predicted molar refractivity (Wildman–Crippen MR) is 91.1 cm³/mol. The molecule has 0 aromatic heterocycles. The molecule has 4 unspecified atom stereocenters. The van der Waals surface area contributed by atoms with Gasteiger partial charge in [-0.15, -0.1) is 11.8 Å². The first-order valence-corrected chi connectivity index (χ1v) is 9.25. The third kappa shape index (κ3) is 2.71. The van der Waals surface area contributed by atoms with Crippen LogP contribution >= 0.6 is 11.8 Å². The summed E-state index contributed by atoms with van der Waals surface area (Å²) in [6, 6.07) is 6.24. The van der Waals surface area contributed by atoms with Gasteiger partial charge in [-0.05, 0) is 24.6 Å². The molecule has 23 heavy (non-hydrogen) atoms. The van der Waals surface area contributed by atoms with Crippen molar-refractivity contribution in [3.63, 3.8) is 0 Å². The average Bonchev–Trinajstić information content (AvgIpc) is 3.15. The molecule has 3 aliphatic rings. The van der Waals surface area contributed by atoms with E-state index in [1.165, 1.54) is 11.3 Å². The summed E-state index contributed by atoms with van der Waals surface area (Å²) in [5.74, 6) is 1.94. The standard InChI is InChI=1S/C17H24N2O3S/c1-12-8-22-6-5-18(12)9-17-10-19(17)16(23-11-17)13-3-4-14(20)15(7-13)21-2/h3-4,7,12,16,20H,5-6,8-11H2,1-2H3. The number of methoxy groups -OCH3 is 1. The number of phenols is 1. The lowest BCUT2D eigenvalue weighted by molar-refractivity contribution is -0.00549. The highest BCUT2D eigenvalue weighted by molar-refractivity contribution is 7.99. The van der Waals surface area contributed by atoms with Gasteiger partial charge in [0, 0.05) is 31.4 Å². The fraction of sp³-hybridized carbons (Fsp3) is 0.647. The van der Waals surface area contributed by atoms with Gasteiger partial charge in [-0.2, -0.15) is 0 Å². The van der Waals surface area contributed by atoms with Gasteiger partial charge in [0.25, 0.3) is 0 Å². The van der Waals surface area contributed by atoms with E-state index >= 15 is 0 Å². The second kappa shape index (κ2) is 5.84. The van der Waals surface area contributed by atoms with Crippen LogP contribution in [0.25, 0.3) is 0 Å². The van der Waals surface area contributed by atoms with Crippen LogP contribution in [0.4, 0.5) is 0 Å². The molecule has 0 amide bonds. The van der Waals surface area contributed by atoms with Gasteiger partial charge in [0.2, 0.25) is 0 Å². The van der Waals surface area contributed by atoms with Gasteiger partial charge < -0.3 is 14.6 Å². The normalized spacial score (nSPS) is 36.7. The van der Waals surface area contributed by atoms with Crippen LogP contribution in [0, 0.1) is 0 Å². The third-order valence-corrected chi connectivity index (χ3v) is 6.80. The van der Waals surface area contributed by atoms with E-state index in [0.717, 1.165) is 32.8 Å². The Labute approximate surface area is 141 Å². The number of morpholine rings is 1. The SMILES string of the molecule is COc1cc(C2SCC3(CN4CCOCC4C)CN23)ccc1O. The molecule has 0 radical (unpaired) electrons. The maximum Gasteiger partial charge on any atom is 0.160 e. The van der Waals surface area contributed by atoms with E-state index in [2.05, 4.69) is 16.7 Å². The molecule has 0 spiro atoms. The highest BCUT2D eigenvalue weighted by atomic mass is 32.2. The summed E-state index contributed by atoms with van der Waals surface area (Å²) < 4.78 is 10.8. The van der Waals surface area contributed by atoms with Gasteiger partial charge in [-0.3, -0.25) is 9.80 Å². The van der Waals surface area contributed by atoms with Crippen molar-refractivity contribution in [1.82, 2.24) is 9.80 Å². The van der Waals surface area contributed by atoms with Crippen molar-refractivity contribution < 1.29 is 14.6 Å². The number of hydrogen-bond acceptors (Lipinski definition) is 6. The van der Waals surface area contributed by atoms with Gasteiger partial charge in [0.05, 0.1) is 31.2 Å². The molecule has 4 rings (SSSR count). The monoisotopic (exact) mass is 336 g/mol. The molecule has 3 aliphatic heterocycles. The minimum absolute atomic E-state index is 0.207. The Morgan fingerprint density at radius 1 is 1.48 bits per heavy atom. The number of nitrogens with zero attached hydrogens (tertiary/aromatic N) is 2. The largest absolute Gasteiger partial charge is 0.504 e. The second-order valence-corrected chi connectivity index (χ2v) is 7.91. The maximum absolute atomic E-state index is 9.79. The maximum atomic E-state index is 9.79. The fourth-order valence-corrected chi connectivity index (χ4v) is 5.38. The first kappa shape index (κ1) is 15.6. The molecular weight excluding hydrogens is 312 g/mol. The molecule has 6 heteroatoms. The number of hydrogen-bond donors (Lipinski definition) is 1. The van der Waals surface area contributed by atoms with E-state index in [1.54, 1.807) is 13.2 Å². The van der Waals surface area contributed by atoms with E-state index in [-0.39, 0.29) is 5.75 Å². The van der Waals surface area contributed by atoms with E-state index in [0.29, 0.717) is 22.7 Å². The van der Waals surface area contributed by atoms with Crippen molar-refractivity contribution in [2.24, 2.45) is 0 Å². The van der Waals surface area contributed by atoms with E-state index in [9.17, 15) is 5.11 Å². The van der Waals surface area contributed by atoms with Crippen molar-refractivity contribution in [2.75, 3.05) is 45.7 Å². The third-order valence-electron chi connectivity index (χ3n) is 5.26. The van der Waals surface area contributed by atoms with Crippen molar-refractivity contribution in [3.05, 3.63) is 23.8 Å². The lowest BCUT2D eigenvalue weighted by atomic mass is 10.1. The number of rotatable bonds is 4. The van der Waals surface area contributed by atoms with Gasteiger partial charge >= 0.3 is 0 Å². The quantitative estimate of drug-likeness (QED) is 0.848. The van der Waals surface area contributed by atoms with Crippen LogP contribution in [0.1, 0.15) is 17.9 Å². The molecule has 126 valence electrons. The number of thioether (sulfide) groups is 1. The molecule has 4 atom stereocenters. The molecule has 3 heterocycles. The smallest absolute Gasteiger partial charge is 0.160 e. The lowest BCUT2D eigenvalue weighted by Gasteiger charge is -2.35. The van der Waals surface area contributed by atoms with Crippen molar-refractivity contribution in [3.8, 4) is 11.5 Å². The van der Waals surface area contributed by atoms with Crippen molar-refractivity contribution in [2.45, 2.75) is 23.9 Å². The Morgan fingerprint density at radius 3 is 3.09 bits per heavy atom. The number of ether oxygens (including phenoxy) is 2. The Balaban J connectivity index is 1.47. The topological polar surface area (TPSA) is 44.9 Å². The number of fused-ring (bicyclic) bond motifs is 1. The van der Waals surface area contributed by atoms with Crippen molar-refractivity contribution >= 4 is 11.8 Å². The van der Waals surface area contributed by atoms with Crippen LogP contribution in [0.15, 0.2) is 18.2 Å². The van der Waals surface area contributed by atoms with Gasteiger partial charge in [-0.1, -0.05) is 6.07 Å². The average molecular weight is 336 g/mol. The molecule has 0 aliphatic carbocycles. The Morgan fingerprint density at radius 2 is 2.35 bits per heavy atom. The lowest BCUT2D eigenvalue weighted by Crippen LogP contribution is -2.48. The highest BCUT2D eigenvalue weighted by Crippen LogP contribution is 2.56. The Kier molecular flexibility index (Phi) is 3.96. The van der Waals surface area contributed by atoms with Gasteiger partial charge in [0.1, 0.15) is 0 Å². The van der Waals surface area contributed by atoms with Crippen LogP contribution in [0.5, 0.6) is 11.5 Å². The molecule has 1 aromatic carbocycles. The molecule has 1 aromatic rings. The highest BCUT2D eigenvalue weighted by Gasteiger charge is 2.61. The summed E-state index contributed by atoms with van der Waals surface area (Å²) in [4.78, 5) is 5.16. The van der Waals surface area contributed by atoms with Crippen LogP contribution in [-0.2, 0) is 4.74 Å². The predicted octanol–water partition coefficient (Wildman–Crippen LogP) is 1.92. The summed E-state index contributed by atoms with van der Waals surface area (Å²) in [7, 11) is 1.60. The molecule has 1 N–H and O–H groups in total. The first-order chi connectivity index (χ1) is 11.1. The minimum atomic E-state index is 0.207. The van der Waals surface area contributed by atoms with E-state index < -0.39 is 0 Å². The van der Waals surface area contributed by atoms with Crippen LogP contribution < -0.4 is 4.74 Å². The summed E-state index contributed by atoms with van der Waals surface area (Å²) in [5, 5.41) is 10.2. The van der Waals surface area contributed by atoms with E-state index in [4.69, 9.17) is 9.47 Å². The van der Waals surface area contributed by atoms with Gasteiger partial charge in [-0.25, -0.2) is 0 Å². The Bertz CT molecular complexity index is 599. The second-order valence-electron chi connectivity index (χ2n) is 6.84. The minimum Gasteiger partial charge on any atom is -0.504 e. The molecule has 3 saturated heterocycles. The van der Waals surface area contributed by atoms with Crippen LogP contribution in [0.3, 0.4) is 0 Å². The fourth-order valence-electron chi connectivity index (χ4n) is 3.75. The summed E-state index contributed by atoms with van der Waals surface area (Å²) in [6.45, 7) is 7.30. The summed E-state index contributed by atoms with van der Waals surface area (Å²) in [6.07, 6.45) is 0. The van der Waals surface area contributed by atoms with Crippen molar-refractivity contribution in [1.29, 1.82) is 0 Å². The molecule has 0 saturated carbocycles. The molecule has 0 bridgehead atoms. The van der Waals surface area contributed by atoms with Gasteiger partial charge in [0.15, 0.2) is 11.5 Å². The zero-order valence-electron chi connectivity index (χ0n) is 13.7. The van der Waals surface area contributed by atoms with Crippen LogP contribution in [0.2, 0.25) is 0 Å². The summed E-state index contributed by atoms with van der Waals surface area (Å²) in [5.41, 5.74) is 1.55. The zero-order valence-corrected chi connectivity index (χ0v) is 14.5. The molecule has 5 nitrogen and oxygen atoms in total. The number of phenolic OH excluding ortho intramolecular Hbond substituents is 1.